The van der Waals surface area contributed by atoms with Crippen molar-refractivity contribution in [2.24, 2.45) is 11.8 Å². The largest absolute Gasteiger partial charge is 0.393 e. The summed E-state index contributed by atoms with van der Waals surface area (Å²) in [4.78, 5) is 22.2. The number of hydrogen-bond donors (Lipinski definition) is 0. The maximum Gasteiger partial charge on any atom is 0.317 e. The third-order valence-corrected chi connectivity index (χ3v) is 2.33. The van der Waals surface area contributed by atoms with Gasteiger partial charge in [-0.2, -0.15) is 0 Å². The van der Waals surface area contributed by atoms with Gasteiger partial charge in [0, 0.05) is 1.43 Å². The first-order chi connectivity index (χ1) is 5.70. The summed E-state index contributed by atoms with van der Waals surface area (Å²) >= 11 is 0. The number of esters is 2. The minimum Gasteiger partial charge on any atom is -0.393 e. The molecule has 1 heterocycles. The summed E-state index contributed by atoms with van der Waals surface area (Å²) < 4.78 is 4.55. The van der Waals surface area contributed by atoms with Crippen molar-refractivity contribution in [1.82, 2.24) is 0 Å². The van der Waals surface area contributed by atoms with Crippen molar-refractivity contribution in [3.63, 3.8) is 0 Å². The highest BCUT2D eigenvalue weighted by Crippen LogP contribution is 2.29. The molecule has 0 aromatic carbocycles. The van der Waals surface area contributed by atoms with E-state index in [0.717, 1.165) is 12.8 Å². The summed E-state index contributed by atoms with van der Waals surface area (Å²) in [7, 11) is 0. The molecular weight excluding hydrogens is 156 g/mol. The molecule has 0 amide bonds. The van der Waals surface area contributed by atoms with E-state index in [9.17, 15) is 9.59 Å². The summed E-state index contributed by atoms with van der Waals surface area (Å²) in [6.07, 6.45) is 2.39. The Bertz CT molecular complexity index is 203. The Labute approximate surface area is 73.6 Å². The Balaban J connectivity index is 0.00000144. The van der Waals surface area contributed by atoms with Gasteiger partial charge in [-0.15, -0.1) is 0 Å². The smallest absolute Gasteiger partial charge is 0.317 e. The second-order valence-electron chi connectivity index (χ2n) is 3.15. The Morgan fingerprint density at radius 3 is 2.33 bits per heavy atom. The quantitative estimate of drug-likeness (QED) is 0.481. The van der Waals surface area contributed by atoms with Crippen molar-refractivity contribution in [2.75, 3.05) is 0 Å². The number of carbonyl (C=O) groups excluding carboxylic acids is 2. The van der Waals surface area contributed by atoms with Gasteiger partial charge in [0.1, 0.15) is 0 Å². The highest BCUT2D eigenvalue weighted by molar-refractivity contribution is 5.96. The lowest BCUT2D eigenvalue weighted by molar-refractivity contribution is -0.153. The van der Waals surface area contributed by atoms with Crippen molar-refractivity contribution < 1.29 is 15.8 Å². The van der Waals surface area contributed by atoms with E-state index in [4.69, 9.17) is 0 Å². The summed E-state index contributed by atoms with van der Waals surface area (Å²) in [5.74, 6) is -1.01. The van der Waals surface area contributed by atoms with E-state index in [1.54, 1.807) is 0 Å². The monoisotopic (exact) mass is 172 g/mol. The van der Waals surface area contributed by atoms with Gasteiger partial charge in [-0.05, 0) is 12.8 Å². The van der Waals surface area contributed by atoms with Crippen LogP contribution in [0.15, 0.2) is 0 Å². The lowest BCUT2D eigenvalue weighted by atomic mass is 9.89. The van der Waals surface area contributed by atoms with Crippen LogP contribution < -0.4 is 0 Å². The van der Waals surface area contributed by atoms with Crippen molar-refractivity contribution in [2.45, 2.75) is 33.1 Å². The van der Waals surface area contributed by atoms with Crippen LogP contribution in [0.4, 0.5) is 0 Å². The minimum absolute atomic E-state index is 0. The molecule has 0 aromatic heterocycles. The normalized spacial score (nSPS) is 29.2. The molecule has 12 heavy (non-hydrogen) atoms. The molecule has 0 radical (unpaired) electrons. The van der Waals surface area contributed by atoms with Crippen LogP contribution in [-0.2, 0) is 14.3 Å². The van der Waals surface area contributed by atoms with Crippen LogP contribution in [-0.4, -0.2) is 11.9 Å². The Hall–Kier alpha value is -0.860. The molecule has 0 spiro atoms. The highest BCUT2D eigenvalue weighted by atomic mass is 16.6. The molecule has 1 aliphatic heterocycles. The maximum absolute atomic E-state index is 11.1. The molecule has 3 heteroatoms. The van der Waals surface area contributed by atoms with Crippen LogP contribution >= 0.6 is 0 Å². The van der Waals surface area contributed by atoms with Gasteiger partial charge in [-0.25, -0.2) is 0 Å². The zero-order chi connectivity index (χ0) is 9.14. The number of hydrogen-bond acceptors (Lipinski definition) is 3. The molecule has 70 valence electrons. The SMILES string of the molecule is CCCC1C(=O)OC(=O)C1CC.[HH]. The molecule has 1 rings (SSSR count). The second-order valence-corrected chi connectivity index (χ2v) is 3.15. The first-order valence-corrected chi connectivity index (χ1v) is 4.46. The first-order valence-electron chi connectivity index (χ1n) is 4.46. The van der Waals surface area contributed by atoms with Crippen LogP contribution in [0.25, 0.3) is 0 Å². The number of ether oxygens (including phenoxy) is 1. The lowest BCUT2D eigenvalue weighted by Crippen LogP contribution is -2.16. The van der Waals surface area contributed by atoms with Crippen LogP contribution in [0.3, 0.4) is 0 Å². The summed E-state index contributed by atoms with van der Waals surface area (Å²) in [5.41, 5.74) is 0. The number of rotatable bonds is 3. The van der Waals surface area contributed by atoms with E-state index in [0.29, 0.717) is 6.42 Å². The molecule has 1 fully saturated rings. The predicted octanol–water partition coefficient (Wildman–Crippen LogP) is 1.76. The first kappa shape index (κ1) is 9.23. The molecule has 2 atom stereocenters. The van der Waals surface area contributed by atoms with Crippen LogP contribution in [0.2, 0.25) is 0 Å². The molecule has 3 nitrogen and oxygen atoms in total. The maximum atomic E-state index is 11.1. The Morgan fingerprint density at radius 1 is 1.25 bits per heavy atom. The van der Waals surface area contributed by atoms with Crippen molar-refractivity contribution >= 4 is 11.9 Å². The summed E-state index contributed by atoms with van der Waals surface area (Å²) in [6, 6.07) is 0. The molecule has 0 aromatic rings. The zero-order valence-electron chi connectivity index (χ0n) is 7.50. The number of carbonyl (C=O) groups is 2. The fourth-order valence-electron chi connectivity index (χ4n) is 1.66. The molecular formula is C9H16O3. The topological polar surface area (TPSA) is 43.4 Å². The van der Waals surface area contributed by atoms with Gasteiger partial charge >= 0.3 is 11.9 Å². The highest BCUT2D eigenvalue weighted by Gasteiger charge is 2.41. The summed E-state index contributed by atoms with van der Waals surface area (Å²) in [5, 5.41) is 0. The van der Waals surface area contributed by atoms with E-state index < -0.39 is 0 Å². The van der Waals surface area contributed by atoms with Gasteiger partial charge in [0.25, 0.3) is 0 Å². The van der Waals surface area contributed by atoms with Crippen molar-refractivity contribution in [3.05, 3.63) is 0 Å². The van der Waals surface area contributed by atoms with Crippen molar-refractivity contribution in [1.29, 1.82) is 0 Å². The van der Waals surface area contributed by atoms with E-state index >= 15 is 0 Å². The molecule has 0 aliphatic carbocycles. The molecule has 0 N–H and O–H groups in total. The van der Waals surface area contributed by atoms with E-state index in [1.807, 2.05) is 13.8 Å². The standard InChI is InChI=1S/C9H14O3.H2/c1-3-5-7-6(4-2)8(10)12-9(7)11;/h6-7H,3-5H2,1-2H3;1H. The Kier molecular flexibility index (Phi) is 2.84. The third kappa shape index (κ3) is 1.49. The summed E-state index contributed by atoms with van der Waals surface area (Å²) in [6.45, 7) is 3.91. The van der Waals surface area contributed by atoms with Gasteiger partial charge in [0.15, 0.2) is 0 Å². The van der Waals surface area contributed by atoms with E-state index in [1.165, 1.54) is 0 Å². The molecule has 1 aliphatic rings. The number of cyclic esters (lactones) is 2. The van der Waals surface area contributed by atoms with Gasteiger partial charge in [0.05, 0.1) is 11.8 Å². The average molecular weight is 172 g/mol. The molecule has 0 saturated carbocycles. The predicted molar refractivity (Wildman–Crippen MR) is 45.4 cm³/mol. The van der Waals surface area contributed by atoms with Gasteiger partial charge in [0.2, 0.25) is 0 Å². The van der Waals surface area contributed by atoms with Crippen molar-refractivity contribution in [3.8, 4) is 0 Å². The fourth-order valence-corrected chi connectivity index (χ4v) is 1.66. The Morgan fingerprint density at radius 2 is 1.83 bits per heavy atom. The molecule has 1 saturated heterocycles. The van der Waals surface area contributed by atoms with E-state index in [2.05, 4.69) is 4.74 Å². The van der Waals surface area contributed by atoms with Gasteiger partial charge in [-0.3, -0.25) is 9.59 Å². The van der Waals surface area contributed by atoms with Crippen LogP contribution in [0, 0.1) is 11.8 Å². The lowest BCUT2D eigenvalue weighted by Gasteiger charge is -2.08. The van der Waals surface area contributed by atoms with Gasteiger partial charge < -0.3 is 4.74 Å². The second kappa shape index (κ2) is 3.70. The average Bonchev–Trinajstić information content (AvgIpc) is 2.28. The molecule has 0 bridgehead atoms. The minimum atomic E-state index is -0.332. The van der Waals surface area contributed by atoms with Crippen LogP contribution in [0.5, 0.6) is 0 Å². The molecule has 2 unspecified atom stereocenters. The van der Waals surface area contributed by atoms with E-state index in [-0.39, 0.29) is 25.2 Å². The fraction of sp³-hybridized carbons (Fsp3) is 0.778. The third-order valence-electron chi connectivity index (χ3n) is 2.33. The van der Waals surface area contributed by atoms with Crippen LogP contribution in [0.1, 0.15) is 34.5 Å². The zero-order valence-corrected chi connectivity index (χ0v) is 7.50. The van der Waals surface area contributed by atoms with Gasteiger partial charge in [-0.1, -0.05) is 20.3 Å².